The van der Waals surface area contributed by atoms with Gasteiger partial charge in [-0.2, -0.15) is 0 Å². The molecule has 5 unspecified atom stereocenters. The lowest BCUT2D eigenvalue weighted by Crippen LogP contribution is -2.60. The summed E-state index contributed by atoms with van der Waals surface area (Å²) in [6.45, 7) is 15.9. The number of nitrogens with one attached hydrogen (secondary N) is 2. The van der Waals surface area contributed by atoms with Crippen molar-refractivity contribution in [3.63, 3.8) is 0 Å². The van der Waals surface area contributed by atoms with Gasteiger partial charge in [0.1, 0.15) is 29.5 Å². The molecule has 284 valence electrons. The van der Waals surface area contributed by atoms with Gasteiger partial charge in [0.2, 0.25) is 21.8 Å². The van der Waals surface area contributed by atoms with E-state index in [-0.39, 0.29) is 24.8 Å². The highest BCUT2D eigenvalue weighted by atomic mass is 32.2. The van der Waals surface area contributed by atoms with Gasteiger partial charge in [0.05, 0.1) is 18.4 Å². The van der Waals surface area contributed by atoms with Crippen LogP contribution < -0.4 is 19.5 Å². The number of ether oxygens (including phenoxy) is 3. The van der Waals surface area contributed by atoms with Crippen molar-refractivity contribution >= 4 is 44.7 Å². The topological polar surface area (TPSA) is 174 Å². The van der Waals surface area contributed by atoms with Crippen LogP contribution in [0.5, 0.6) is 11.6 Å². The molecule has 2 N–H and O–H groups in total. The summed E-state index contributed by atoms with van der Waals surface area (Å²) in [5, 5.41) is 4.18. The summed E-state index contributed by atoms with van der Waals surface area (Å²) in [4.78, 5) is 62.8. The first-order chi connectivity index (χ1) is 24.2. The van der Waals surface area contributed by atoms with Crippen LogP contribution in [0.4, 0.5) is 9.59 Å². The lowest BCUT2D eigenvalue weighted by molar-refractivity contribution is -0.145. The highest BCUT2D eigenvalue weighted by Crippen LogP contribution is 2.46. The number of aromatic nitrogens is 1. The summed E-state index contributed by atoms with van der Waals surface area (Å²) >= 11 is 0. The Kier molecular flexibility index (Phi) is 10.6. The first kappa shape index (κ1) is 38.8. The highest BCUT2D eigenvalue weighted by molar-refractivity contribution is 7.91. The van der Waals surface area contributed by atoms with Crippen LogP contribution in [0.25, 0.3) is 10.8 Å². The molecule has 2 saturated carbocycles. The van der Waals surface area contributed by atoms with E-state index in [4.69, 9.17) is 14.2 Å². The second-order valence-corrected chi connectivity index (χ2v) is 18.1. The Bertz CT molecular complexity index is 1850. The Morgan fingerprint density at radius 3 is 2.37 bits per heavy atom. The Balaban J connectivity index is 1.50. The molecule has 14 nitrogen and oxygen atoms in total. The predicted molar refractivity (Wildman–Crippen MR) is 194 cm³/mol. The third kappa shape index (κ3) is 8.13. The fourth-order valence-electron chi connectivity index (χ4n) is 6.66. The van der Waals surface area contributed by atoms with E-state index in [9.17, 15) is 27.6 Å². The minimum Gasteiger partial charge on any atom is -0.497 e. The Morgan fingerprint density at radius 1 is 1.12 bits per heavy atom. The Labute approximate surface area is 305 Å². The molecular weight excluding hydrogens is 690 g/mol. The van der Waals surface area contributed by atoms with Crippen molar-refractivity contribution < 1.29 is 41.8 Å². The quantitative estimate of drug-likeness (QED) is 0.301. The first-order valence-electron chi connectivity index (χ1n) is 17.7. The largest absolute Gasteiger partial charge is 0.497 e. The lowest BCUT2D eigenvalue weighted by atomic mass is 9.85. The molecule has 5 atom stereocenters. The van der Waals surface area contributed by atoms with Crippen LogP contribution in [0.15, 0.2) is 43.1 Å². The predicted octanol–water partition coefficient (Wildman–Crippen LogP) is 4.92. The summed E-state index contributed by atoms with van der Waals surface area (Å²) in [5.74, 6) is -0.685. The van der Waals surface area contributed by atoms with Crippen LogP contribution in [0.3, 0.4) is 0 Å². The number of amides is 5. The molecular formula is C37H51N5O9S. The van der Waals surface area contributed by atoms with Gasteiger partial charge in [-0.1, -0.05) is 33.8 Å². The number of rotatable bonds is 11. The van der Waals surface area contributed by atoms with E-state index in [1.807, 2.05) is 6.07 Å². The first-order valence-corrected chi connectivity index (χ1v) is 19.1. The molecule has 2 heterocycles. The molecule has 1 aromatic carbocycles. The normalized spacial score (nSPS) is 22.9. The fraction of sp³-hybridized carbons (Fsp3) is 0.595. The summed E-state index contributed by atoms with van der Waals surface area (Å²) in [6, 6.07) is 3.08. The van der Waals surface area contributed by atoms with Crippen molar-refractivity contribution in [3.05, 3.63) is 43.1 Å². The van der Waals surface area contributed by atoms with Gasteiger partial charge >= 0.3 is 12.1 Å². The Hall–Kier alpha value is -4.40. The minimum atomic E-state index is -4.10. The second kappa shape index (κ2) is 14.2. The van der Waals surface area contributed by atoms with E-state index >= 15 is 0 Å². The van der Waals surface area contributed by atoms with Gasteiger partial charge in [0, 0.05) is 24.0 Å². The number of hydrogen-bond donors (Lipinski definition) is 2. The molecule has 3 aliphatic rings. The van der Waals surface area contributed by atoms with Crippen molar-refractivity contribution in [2.45, 2.75) is 115 Å². The van der Waals surface area contributed by atoms with E-state index in [2.05, 4.69) is 21.6 Å². The summed E-state index contributed by atoms with van der Waals surface area (Å²) < 4.78 is 45.0. The zero-order chi connectivity index (χ0) is 38.4. The number of urea groups is 1. The van der Waals surface area contributed by atoms with Crippen LogP contribution in [0.2, 0.25) is 0 Å². The Morgan fingerprint density at radius 2 is 1.81 bits per heavy atom. The molecule has 2 aliphatic carbocycles. The van der Waals surface area contributed by atoms with Crippen LogP contribution in [-0.2, 0) is 24.3 Å². The zero-order valence-electron chi connectivity index (χ0n) is 31.2. The monoisotopic (exact) mass is 741 g/mol. The fourth-order valence-corrected chi connectivity index (χ4v) is 8.22. The number of pyridine rings is 1. The van der Waals surface area contributed by atoms with Crippen molar-refractivity contribution in [1.29, 1.82) is 0 Å². The van der Waals surface area contributed by atoms with Crippen molar-refractivity contribution in [2.75, 3.05) is 13.7 Å². The maximum atomic E-state index is 14.7. The van der Waals surface area contributed by atoms with Crippen LogP contribution in [0.1, 0.15) is 80.6 Å². The molecule has 5 amide bonds. The maximum Gasteiger partial charge on any atom is 0.408 e. The molecule has 0 spiro atoms. The second-order valence-electron chi connectivity index (χ2n) is 16.0. The molecule has 52 heavy (non-hydrogen) atoms. The molecule has 1 aromatic heterocycles. The number of methoxy groups -OCH3 is 1. The van der Waals surface area contributed by atoms with Crippen molar-refractivity contribution in [1.82, 2.24) is 24.8 Å². The SMILES string of the molecule is C=CC1CC1N(C(=O)NS(=O)(=O)C1(CC)CC1)C(=O)C1CC(Oc2nccc3cc(OC)ccc23)CN1C(=O)C(NC(=O)OC(C)(C)C)C(C)(C)C. The number of fused-ring (bicyclic) bond motifs is 1. The van der Waals surface area contributed by atoms with E-state index in [1.165, 1.54) is 4.90 Å². The minimum absolute atomic E-state index is 0.0387. The van der Waals surface area contributed by atoms with Gasteiger partial charge in [-0.05, 0) is 87.4 Å². The van der Waals surface area contributed by atoms with Gasteiger partial charge in [-0.25, -0.2) is 27.7 Å². The lowest BCUT2D eigenvalue weighted by Gasteiger charge is -2.36. The van der Waals surface area contributed by atoms with Crippen molar-refractivity contribution in [2.24, 2.45) is 11.3 Å². The van der Waals surface area contributed by atoms with Gasteiger partial charge in [-0.15, -0.1) is 6.58 Å². The van der Waals surface area contributed by atoms with Crippen LogP contribution in [0, 0.1) is 11.3 Å². The number of likely N-dealkylation sites (tertiary alicyclic amines) is 1. The van der Waals surface area contributed by atoms with E-state index in [0.29, 0.717) is 36.8 Å². The number of sulfonamides is 1. The zero-order valence-corrected chi connectivity index (χ0v) is 32.0. The summed E-state index contributed by atoms with van der Waals surface area (Å²) in [7, 11) is -2.54. The number of benzene rings is 1. The van der Waals surface area contributed by atoms with Crippen LogP contribution >= 0.6 is 0 Å². The standard InChI is InChI=1S/C37H51N5O9S/c1-10-22-19-27(22)42(33(45)40-52(47,48)37(11-2)15-16-37)31(43)28-20-25(50-30-26-13-12-24(49-9)18-23(26)14-17-38-30)21-41(28)32(44)29(35(3,4)5)39-34(46)51-36(6,7)8/h10,12-14,17-18,22,25,27-29H,1,11,15-16,19-21H2,2-9H3,(H,39,46)(H,40,45). The molecule has 1 aliphatic heterocycles. The molecule has 3 fully saturated rings. The maximum absolute atomic E-state index is 14.7. The summed E-state index contributed by atoms with van der Waals surface area (Å²) in [5.41, 5.74) is -1.68. The number of alkyl carbamates (subject to hydrolysis) is 1. The number of nitrogens with zero attached hydrogens (tertiary/aromatic N) is 3. The average Bonchev–Trinajstić information content (AvgIpc) is 3.98. The van der Waals surface area contributed by atoms with E-state index in [0.717, 1.165) is 10.3 Å². The number of carbonyl (C=O) groups excluding carboxylic acids is 4. The molecule has 0 bridgehead atoms. The van der Waals surface area contributed by atoms with E-state index in [1.54, 1.807) is 86.0 Å². The van der Waals surface area contributed by atoms with Gasteiger partial charge in [0.15, 0.2) is 0 Å². The number of imide groups is 1. The molecule has 1 saturated heterocycles. The summed E-state index contributed by atoms with van der Waals surface area (Å²) in [6.07, 6.45) is 3.13. The van der Waals surface area contributed by atoms with Gasteiger partial charge < -0.3 is 24.4 Å². The highest BCUT2D eigenvalue weighted by Gasteiger charge is 2.56. The third-order valence-electron chi connectivity index (χ3n) is 9.96. The number of hydrogen-bond acceptors (Lipinski definition) is 10. The smallest absolute Gasteiger partial charge is 0.408 e. The van der Waals surface area contributed by atoms with Crippen molar-refractivity contribution in [3.8, 4) is 11.6 Å². The molecule has 2 aromatic rings. The van der Waals surface area contributed by atoms with Gasteiger partial charge in [-0.3, -0.25) is 14.5 Å². The van der Waals surface area contributed by atoms with E-state index < -0.39 is 74.0 Å². The number of carbonyl (C=O) groups is 4. The average molecular weight is 742 g/mol. The molecule has 15 heteroatoms. The van der Waals surface area contributed by atoms with Gasteiger partial charge in [0.25, 0.3) is 5.91 Å². The third-order valence-corrected chi connectivity index (χ3v) is 12.2. The van der Waals surface area contributed by atoms with Crippen LogP contribution in [-0.4, -0.2) is 95.4 Å². The molecule has 5 rings (SSSR count). The molecule has 0 radical (unpaired) electrons.